The number of hydrogen-bond donors (Lipinski definition) is 1. The minimum Gasteiger partial charge on any atom is -0.507 e. The van der Waals surface area contributed by atoms with E-state index in [9.17, 15) is 24.8 Å². The molecule has 9 heteroatoms. The van der Waals surface area contributed by atoms with Crippen molar-refractivity contribution in [1.29, 1.82) is 0 Å². The number of amides is 2. The number of benzene rings is 2. The van der Waals surface area contributed by atoms with E-state index in [0.717, 1.165) is 35.4 Å². The topological polar surface area (TPSA) is 104 Å². The summed E-state index contributed by atoms with van der Waals surface area (Å²) in [6, 6.07) is 10.9. The molecule has 0 spiro atoms. The van der Waals surface area contributed by atoms with Crippen LogP contribution in [0.5, 0.6) is 5.75 Å². The summed E-state index contributed by atoms with van der Waals surface area (Å²) in [6.07, 6.45) is 1.50. The number of rotatable bonds is 7. The molecule has 2 aromatic carbocycles. The number of nitro benzene ring substituents is 1. The van der Waals surface area contributed by atoms with Crippen LogP contribution in [-0.4, -0.2) is 39.2 Å². The smallest absolute Gasteiger partial charge is 0.293 e. The molecule has 0 bridgehead atoms. The summed E-state index contributed by atoms with van der Waals surface area (Å²) in [5, 5.41) is 20.7. The first-order valence-corrected chi connectivity index (χ1v) is 10.2. The average molecular weight is 427 g/mol. The van der Waals surface area contributed by atoms with Crippen molar-refractivity contribution in [3.05, 3.63) is 68.6 Å². The molecule has 0 aromatic heterocycles. The van der Waals surface area contributed by atoms with Crippen LogP contribution < -0.4 is 4.90 Å². The fourth-order valence-electron chi connectivity index (χ4n) is 3.12. The minimum absolute atomic E-state index is 0.0207. The lowest BCUT2D eigenvalue weighted by Gasteiger charge is -2.21. The van der Waals surface area contributed by atoms with Gasteiger partial charge in [0.05, 0.1) is 16.4 Å². The summed E-state index contributed by atoms with van der Waals surface area (Å²) in [6.45, 7) is 5.67. The van der Waals surface area contributed by atoms with E-state index < -0.39 is 16.1 Å². The molecule has 1 fully saturated rings. The second kappa shape index (κ2) is 9.00. The van der Waals surface area contributed by atoms with Crippen LogP contribution in [0.15, 0.2) is 47.4 Å². The fourth-order valence-corrected chi connectivity index (χ4v) is 3.95. The molecule has 1 N–H and O–H groups in total. The highest BCUT2D eigenvalue weighted by Gasteiger charge is 2.35. The number of nitrogens with zero attached hydrogens (tertiary/aromatic N) is 3. The highest BCUT2D eigenvalue weighted by atomic mass is 32.2. The Morgan fingerprint density at radius 2 is 1.80 bits per heavy atom. The molecule has 8 nitrogen and oxygen atoms in total. The Morgan fingerprint density at radius 1 is 1.13 bits per heavy atom. The summed E-state index contributed by atoms with van der Waals surface area (Å²) in [4.78, 5) is 38.6. The van der Waals surface area contributed by atoms with Gasteiger partial charge in [-0.3, -0.25) is 24.6 Å². The number of carbonyl (C=O) groups excluding carboxylic acids is 2. The number of non-ortho nitro benzene ring substituents is 1. The highest BCUT2D eigenvalue weighted by molar-refractivity contribution is 8.18. The first kappa shape index (κ1) is 21.4. The Kier molecular flexibility index (Phi) is 6.41. The first-order valence-electron chi connectivity index (χ1n) is 9.40. The van der Waals surface area contributed by atoms with E-state index in [1.165, 1.54) is 30.3 Å². The third kappa shape index (κ3) is 4.46. The van der Waals surface area contributed by atoms with Gasteiger partial charge in [-0.25, -0.2) is 0 Å². The number of aromatic hydroxyl groups is 1. The molecule has 30 heavy (non-hydrogen) atoms. The molecule has 0 unspecified atom stereocenters. The van der Waals surface area contributed by atoms with Gasteiger partial charge in [0.2, 0.25) is 0 Å². The van der Waals surface area contributed by atoms with Gasteiger partial charge in [-0.1, -0.05) is 12.1 Å². The van der Waals surface area contributed by atoms with Crippen LogP contribution in [0.4, 0.5) is 16.2 Å². The number of anilines is 1. The van der Waals surface area contributed by atoms with Crippen LogP contribution in [-0.2, 0) is 11.3 Å². The van der Waals surface area contributed by atoms with E-state index in [2.05, 4.69) is 4.90 Å². The van der Waals surface area contributed by atoms with Gasteiger partial charge in [0.15, 0.2) is 0 Å². The molecule has 1 heterocycles. The first-order chi connectivity index (χ1) is 14.3. The summed E-state index contributed by atoms with van der Waals surface area (Å²) >= 11 is 0.801. The molecule has 156 valence electrons. The molecule has 1 aliphatic heterocycles. The molecule has 3 rings (SSSR count). The lowest BCUT2D eigenvalue weighted by atomic mass is 10.1. The van der Waals surface area contributed by atoms with E-state index >= 15 is 0 Å². The van der Waals surface area contributed by atoms with Gasteiger partial charge in [0.25, 0.3) is 16.8 Å². The number of carbonyl (C=O) groups is 2. The van der Waals surface area contributed by atoms with E-state index in [0.29, 0.717) is 11.1 Å². The minimum atomic E-state index is -0.509. The molecule has 0 saturated carbocycles. The van der Waals surface area contributed by atoms with E-state index in [1.807, 2.05) is 19.9 Å². The maximum atomic E-state index is 12.7. The Balaban J connectivity index is 1.78. The molecule has 2 aromatic rings. The van der Waals surface area contributed by atoms with Gasteiger partial charge in [0, 0.05) is 42.5 Å². The molecule has 1 aliphatic rings. The van der Waals surface area contributed by atoms with Crippen LogP contribution in [0.2, 0.25) is 0 Å². The molecule has 1 saturated heterocycles. The quantitative estimate of drug-likeness (QED) is 0.397. The molecule has 0 radical (unpaired) electrons. The van der Waals surface area contributed by atoms with Gasteiger partial charge in [0.1, 0.15) is 5.75 Å². The fraction of sp³-hybridized carbons (Fsp3) is 0.238. The summed E-state index contributed by atoms with van der Waals surface area (Å²) in [5.74, 6) is -0.433. The summed E-state index contributed by atoms with van der Waals surface area (Å²) in [5.41, 5.74) is 1.87. The third-order valence-corrected chi connectivity index (χ3v) is 5.70. The van der Waals surface area contributed by atoms with Crippen LogP contribution in [0.3, 0.4) is 0 Å². The predicted molar refractivity (Wildman–Crippen MR) is 116 cm³/mol. The Hall–Kier alpha value is -3.33. The predicted octanol–water partition coefficient (Wildman–Crippen LogP) is 4.38. The van der Waals surface area contributed by atoms with Crippen molar-refractivity contribution in [2.75, 3.05) is 18.0 Å². The number of phenols is 1. The van der Waals surface area contributed by atoms with Crippen molar-refractivity contribution in [2.45, 2.75) is 20.4 Å². The summed E-state index contributed by atoms with van der Waals surface area (Å²) in [7, 11) is 0. The molecular weight excluding hydrogens is 406 g/mol. The largest absolute Gasteiger partial charge is 0.507 e. The normalized spacial score (nSPS) is 15.1. The highest BCUT2D eigenvalue weighted by Crippen LogP contribution is 2.35. The van der Waals surface area contributed by atoms with Crippen LogP contribution in [0.1, 0.15) is 25.0 Å². The van der Waals surface area contributed by atoms with Crippen molar-refractivity contribution in [1.82, 2.24) is 4.90 Å². The Morgan fingerprint density at radius 3 is 2.37 bits per heavy atom. The molecule has 2 amide bonds. The maximum absolute atomic E-state index is 12.7. The lowest BCUT2D eigenvalue weighted by molar-refractivity contribution is -0.384. The maximum Gasteiger partial charge on any atom is 0.293 e. The lowest BCUT2D eigenvalue weighted by Crippen LogP contribution is -2.27. The SMILES string of the molecule is CCN(CC)c1ccc(/C=C2\SC(=O)N(Cc3ccc([N+](=O)[O-])cc3)C2=O)c(O)c1. The van der Waals surface area contributed by atoms with Gasteiger partial charge < -0.3 is 10.0 Å². The molecular formula is C21H21N3O5S. The second-order valence-corrected chi connectivity index (χ2v) is 7.60. The van der Waals surface area contributed by atoms with Gasteiger partial charge in [-0.15, -0.1) is 0 Å². The van der Waals surface area contributed by atoms with Gasteiger partial charge >= 0.3 is 0 Å². The average Bonchev–Trinajstić information content (AvgIpc) is 2.98. The molecule has 0 atom stereocenters. The molecule has 0 aliphatic carbocycles. The van der Waals surface area contributed by atoms with Gasteiger partial charge in [-0.05, 0) is 49.4 Å². The van der Waals surface area contributed by atoms with Crippen molar-refractivity contribution < 1.29 is 19.6 Å². The van der Waals surface area contributed by atoms with Gasteiger partial charge in [-0.2, -0.15) is 0 Å². The standard InChI is InChI=1S/C21H21N3O5S/c1-3-22(4-2)17-10-7-15(18(25)12-17)11-19-20(26)23(21(27)30-19)13-14-5-8-16(9-6-14)24(28)29/h5-12,25H,3-4,13H2,1-2H3/b19-11-. The van der Waals surface area contributed by atoms with E-state index in [4.69, 9.17) is 0 Å². The van der Waals surface area contributed by atoms with Crippen LogP contribution >= 0.6 is 11.8 Å². The zero-order chi connectivity index (χ0) is 21.8. The summed E-state index contributed by atoms with van der Waals surface area (Å²) < 4.78 is 0. The number of imide groups is 1. The van der Waals surface area contributed by atoms with Crippen LogP contribution in [0, 0.1) is 10.1 Å². The van der Waals surface area contributed by atoms with Crippen molar-refractivity contribution in [2.24, 2.45) is 0 Å². The zero-order valence-corrected chi connectivity index (χ0v) is 17.4. The van der Waals surface area contributed by atoms with Crippen molar-refractivity contribution >= 4 is 40.4 Å². The number of nitro groups is 1. The monoisotopic (exact) mass is 427 g/mol. The Bertz CT molecular complexity index is 1020. The van der Waals surface area contributed by atoms with E-state index in [-0.39, 0.29) is 22.9 Å². The third-order valence-electron chi connectivity index (χ3n) is 4.79. The zero-order valence-electron chi connectivity index (χ0n) is 16.6. The Labute approximate surface area is 177 Å². The van der Waals surface area contributed by atoms with Crippen LogP contribution in [0.25, 0.3) is 6.08 Å². The number of phenolic OH excluding ortho intramolecular Hbond substituents is 1. The number of hydrogen-bond acceptors (Lipinski definition) is 7. The van der Waals surface area contributed by atoms with E-state index in [1.54, 1.807) is 12.1 Å². The van der Waals surface area contributed by atoms with Crippen molar-refractivity contribution in [3.8, 4) is 5.75 Å². The number of thioether (sulfide) groups is 1. The second-order valence-electron chi connectivity index (χ2n) is 6.61. The van der Waals surface area contributed by atoms with Crippen molar-refractivity contribution in [3.63, 3.8) is 0 Å².